The van der Waals surface area contributed by atoms with Gasteiger partial charge in [0.2, 0.25) is 0 Å². The monoisotopic (exact) mass is 868 g/mol. The third kappa shape index (κ3) is 45.7. The Morgan fingerprint density at radius 3 is 1.28 bits per heavy atom. The smallest absolute Gasteiger partial charge is 0.462 e. The zero-order valence-corrected chi connectivity index (χ0v) is 39.8. The molecule has 10 heteroatoms. The van der Waals surface area contributed by atoms with Crippen LogP contribution in [0.4, 0.5) is 0 Å². The van der Waals surface area contributed by atoms with Crippen molar-refractivity contribution in [1.82, 2.24) is 0 Å². The second kappa shape index (κ2) is 46.7. The Labute approximate surface area is 369 Å². The van der Waals surface area contributed by atoms with Crippen molar-refractivity contribution in [2.75, 3.05) is 26.4 Å². The van der Waals surface area contributed by atoms with E-state index < -0.39 is 26.5 Å². The van der Waals surface area contributed by atoms with Gasteiger partial charge >= 0.3 is 19.8 Å². The van der Waals surface area contributed by atoms with E-state index in [1.54, 1.807) is 0 Å². The summed E-state index contributed by atoms with van der Waals surface area (Å²) in [5, 5.41) is 0. The molecule has 0 rings (SSSR count). The van der Waals surface area contributed by atoms with Gasteiger partial charge in [-0.25, -0.2) is 4.57 Å². The van der Waals surface area contributed by atoms with Crippen LogP contribution in [0.3, 0.4) is 0 Å². The molecule has 0 bridgehead atoms. The fourth-order valence-electron chi connectivity index (χ4n) is 7.01. The Morgan fingerprint density at radius 1 is 0.500 bits per heavy atom. The maximum atomic E-state index is 12.6. The number of allylic oxidation sites excluding steroid dienone is 6. The van der Waals surface area contributed by atoms with E-state index in [0.717, 1.165) is 64.2 Å². The summed E-state index contributed by atoms with van der Waals surface area (Å²) >= 11 is 0. The van der Waals surface area contributed by atoms with Crippen molar-refractivity contribution < 1.29 is 37.6 Å². The molecule has 0 spiro atoms. The number of hydrogen-bond acceptors (Lipinski definition) is 8. The SMILES string of the molecule is CCCCCCC/C=C\C/C=C\CCCCCCCCCCCCCC(=O)OC(COC(=O)CCCCCCC/C=C\CCCCCCCCC)COP(=O)(O)OCCN. The van der Waals surface area contributed by atoms with Crippen LogP contribution in [0.2, 0.25) is 0 Å². The highest BCUT2D eigenvalue weighted by atomic mass is 31.2. The second-order valence-corrected chi connectivity index (χ2v) is 18.1. The molecule has 0 aromatic rings. The van der Waals surface area contributed by atoms with E-state index in [2.05, 4.69) is 50.3 Å². The third-order valence-electron chi connectivity index (χ3n) is 10.7. The van der Waals surface area contributed by atoms with Crippen LogP contribution in [-0.4, -0.2) is 49.3 Å². The van der Waals surface area contributed by atoms with Gasteiger partial charge in [0.15, 0.2) is 6.10 Å². The maximum Gasteiger partial charge on any atom is 0.472 e. The molecule has 0 heterocycles. The molecule has 0 aromatic heterocycles. The summed E-state index contributed by atoms with van der Waals surface area (Å²) in [5.74, 6) is -0.833. The number of esters is 2. The normalized spacial score (nSPS) is 13.5. The van der Waals surface area contributed by atoms with Gasteiger partial charge in [0.05, 0.1) is 13.2 Å². The second-order valence-electron chi connectivity index (χ2n) is 16.7. The molecule has 2 atom stereocenters. The molecule has 9 nitrogen and oxygen atoms in total. The average Bonchev–Trinajstić information content (AvgIpc) is 3.24. The lowest BCUT2D eigenvalue weighted by Gasteiger charge is -2.19. The van der Waals surface area contributed by atoms with Gasteiger partial charge in [-0.15, -0.1) is 0 Å². The van der Waals surface area contributed by atoms with Gasteiger partial charge in [-0.2, -0.15) is 0 Å². The molecule has 0 radical (unpaired) electrons. The molecule has 0 fully saturated rings. The van der Waals surface area contributed by atoms with E-state index in [4.69, 9.17) is 24.3 Å². The van der Waals surface area contributed by atoms with Crippen molar-refractivity contribution in [2.24, 2.45) is 5.73 Å². The minimum absolute atomic E-state index is 0.0522. The van der Waals surface area contributed by atoms with E-state index in [-0.39, 0.29) is 38.6 Å². The van der Waals surface area contributed by atoms with Gasteiger partial charge in [-0.3, -0.25) is 18.6 Å². The highest BCUT2D eigenvalue weighted by molar-refractivity contribution is 7.47. The van der Waals surface area contributed by atoms with Crippen LogP contribution < -0.4 is 5.73 Å². The van der Waals surface area contributed by atoms with E-state index in [1.165, 1.54) is 141 Å². The van der Waals surface area contributed by atoms with E-state index in [0.29, 0.717) is 6.42 Å². The number of phosphoric acid groups is 1. The largest absolute Gasteiger partial charge is 0.472 e. The van der Waals surface area contributed by atoms with Crippen molar-refractivity contribution >= 4 is 19.8 Å². The minimum Gasteiger partial charge on any atom is -0.462 e. The predicted molar refractivity (Wildman–Crippen MR) is 252 cm³/mol. The molecule has 352 valence electrons. The van der Waals surface area contributed by atoms with Gasteiger partial charge in [0, 0.05) is 19.4 Å². The number of nitrogens with two attached hydrogens (primary N) is 1. The van der Waals surface area contributed by atoms with Crippen LogP contribution in [0, 0.1) is 0 Å². The molecular formula is C50H94NO8P. The standard InChI is InChI=1S/C50H94NO8P/c1-3-5-7-9-11-13-15-17-19-21-22-23-24-25-26-27-29-31-33-35-37-39-41-43-50(53)59-48(47-58-60(54,55)57-45-44-51)46-56-49(52)42-40-38-36-34-32-30-28-20-18-16-14-12-10-8-6-4-2/h15,17,20-22,28,48H,3-14,16,18-19,23-27,29-47,51H2,1-2H3,(H,54,55)/b17-15-,22-21-,28-20-. The Balaban J connectivity index is 4.05. The van der Waals surface area contributed by atoms with Crippen LogP contribution >= 0.6 is 7.82 Å². The Hall–Kier alpha value is -1.77. The third-order valence-corrected chi connectivity index (χ3v) is 11.7. The predicted octanol–water partition coefficient (Wildman–Crippen LogP) is 14.9. The molecule has 0 saturated carbocycles. The summed E-state index contributed by atoms with van der Waals surface area (Å²) in [6.07, 6.45) is 53.2. The lowest BCUT2D eigenvalue weighted by molar-refractivity contribution is -0.161. The first-order valence-electron chi connectivity index (χ1n) is 25.0. The van der Waals surface area contributed by atoms with Gasteiger partial charge in [-0.05, 0) is 70.6 Å². The van der Waals surface area contributed by atoms with E-state index >= 15 is 0 Å². The first-order chi connectivity index (χ1) is 29.3. The van der Waals surface area contributed by atoms with Gasteiger partial charge in [0.25, 0.3) is 0 Å². The van der Waals surface area contributed by atoms with Crippen molar-refractivity contribution in [3.8, 4) is 0 Å². The molecule has 0 aliphatic rings. The number of hydrogen-bond donors (Lipinski definition) is 2. The van der Waals surface area contributed by atoms with Crippen LogP contribution in [0.15, 0.2) is 36.5 Å². The van der Waals surface area contributed by atoms with Crippen molar-refractivity contribution in [3.05, 3.63) is 36.5 Å². The summed E-state index contributed by atoms with van der Waals surface area (Å²) < 4.78 is 32.9. The van der Waals surface area contributed by atoms with Gasteiger partial charge in [-0.1, -0.05) is 192 Å². The molecule has 60 heavy (non-hydrogen) atoms. The quantitative estimate of drug-likeness (QED) is 0.0265. The highest BCUT2D eigenvalue weighted by Gasteiger charge is 2.26. The zero-order valence-electron chi connectivity index (χ0n) is 38.9. The van der Waals surface area contributed by atoms with Gasteiger partial charge < -0.3 is 20.1 Å². The topological polar surface area (TPSA) is 134 Å². The number of phosphoric ester groups is 1. The van der Waals surface area contributed by atoms with Crippen molar-refractivity contribution in [1.29, 1.82) is 0 Å². The summed E-state index contributed by atoms with van der Waals surface area (Å²) in [6.45, 7) is 3.74. The summed E-state index contributed by atoms with van der Waals surface area (Å²) in [7, 11) is -4.38. The molecule has 0 saturated heterocycles. The lowest BCUT2D eigenvalue weighted by atomic mass is 10.0. The lowest BCUT2D eigenvalue weighted by Crippen LogP contribution is -2.29. The highest BCUT2D eigenvalue weighted by Crippen LogP contribution is 2.43. The molecule has 0 amide bonds. The number of ether oxygens (including phenoxy) is 2. The van der Waals surface area contributed by atoms with Gasteiger partial charge in [0.1, 0.15) is 6.61 Å². The number of rotatable bonds is 47. The molecule has 3 N–H and O–H groups in total. The van der Waals surface area contributed by atoms with Crippen LogP contribution in [-0.2, 0) is 32.7 Å². The Morgan fingerprint density at radius 2 is 0.867 bits per heavy atom. The van der Waals surface area contributed by atoms with E-state index in [9.17, 15) is 19.0 Å². The van der Waals surface area contributed by atoms with Crippen LogP contribution in [0.25, 0.3) is 0 Å². The molecule has 0 aliphatic heterocycles. The fraction of sp³-hybridized carbons (Fsp3) is 0.840. The summed E-state index contributed by atoms with van der Waals surface area (Å²) in [4.78, 5) is 35.0. The average molecular weight is 868 g/mol. The maximum absolute atomic E-state index is 12.6. The zero-order chi connectivity index (χ0) is 43.9. The number of carbonyl (C=O) groups excluding carboxylic acids is 2. The van der Waals surface area contributed by atoms with E-state index in [1.807, 2.05) is 0 Å². The fourth-order valence-corrected chi connectivity index (χ4v) is 7.78. The van der Waals surface area contributed by atoms with Crippen LogP contribution in [0.5, 0.6) is 0 Å². The summed E-state index contributed by atoms with van der Waals surface area (Å²) in [5.41, 5.74) is 5.36. The first kappa shape index (κ1) is 58.2. The molecule has 2 unspecified atom stereocenters. The number of unbranched alkanes of at least 4 members (excludes halogenated alkanes) is 28. The molecular weight excluding hydrogens is 774 g/mol. The molecule has 0 aliphatic carbocycles. The summed E-state index contributed by atoms with van der Waals surface area (Å²) in [6, 6.07) is 0. The number of carbonyl (C=O) groups is 2. The Kier molecular flexibility index (Phi) is 45.3. The minimum atomic E-state index is -4.38. The molecule has 0 aromatic carbocycles. The van der Waals surface area contributed by atoms with Crippen LogP contribution in [0.1, 0.15) is 239 Å². The van der Waals surface area contributed by atoms with Crippen molar-refractivity contribution in [3.63, 3.8) is 0 Å². The first-order valence-corrected chi connectivity index (χ1v) is 26.5. The van der Waals surface area contributed by atoms with Crippen molar-refractivity contribution in [2.45, 2.75) is 245 Å². The Bertz CT molecular complexity index is 1080.